The van der Waals surface area contributed by atoms with Gasteiger partial charge in [0.25, 0.3) is 5.91 Å². The number of nitrogens with zero attached hydrogens (tertiary/aromatic N) is 2. The molecule has 1 aliphatic carbocycles. The van der Waals surface area contributed by atoms with Gasteiger partial charge < -0.3 is 15.2 Å². The van der Waals surface area contributed by atoms with E-state index in [-0.39, 0.29) is 24.4 Å². The summed E-state index contributed by atoms with van der Waals surface area (Å²) in [6.07, 6.45) is 7.68. The van der Waals surface area contributed by atoms with Crippen LogP contribution in [-0.4, -0.2) is 33.1 Å². The van der Waals surface area contributed by atoms with Crippen molar-refractivity contribution in [3.8, 4) is 17.0 Å². The highest BCUT2D eigenvalue weighted by Crippen LogP contribution is 2.30. The normalized spacial score (nSPS) is 18.4. The minimum Gasteiger partial charge on any atom is -0.472 e. The molecule has 1 aromatic carbocycles. The summed E-state index contributed by atoms with van der Waals surface area (Å²) in [5, 5.41) is 13.1. The van der Waals surface area contributed by atoms with Crippen molar-refractivity contribution in [3.05, 3.63) is 78.0 Å². The van der Waals surface area contributed by atoms with Crippen molar-refractivity contribution in [2.75, 3.05) is 0 Å². The van der Waals surface area contributed by atoms with Crippen LogP contribution in [0.2, 0.25) is 0 Å². The third kappa shape index (κ3) is 5.24. The molecular weight excluding hydrogens is 397 g/mol. The first-order valence-electron chi connectivity index (χ1n) is 10.4. The molecule has 1 fully saturated rings. The number of halogens is 1. The quantitative estimate of drug-likeness (QED) is 0.631. The van der Waals surface area contributed by atoms with Gasteiger partial charge in [0.05, 0.1) is 17.7 Å². The number of pyridine rings is 2. The van der Waals surface area contributed by atoms with Crippen LogP contribution in [0.5, 0.6) is 5.88 Å². The highest BCUT2D eigenvalue weighted by Gasteiger charge is 2.25. The van der Waals surface area contributed by atoms with Crippen LogP contribution in [0.3, 0.4) is 0 Å². The molecule has 1 amide bonds. The van der Waals surface area contributed by atoms with Gasteiger partial charge in [-0.15, -0.1) is 0 Å². The number of carbonyl (C=O) groups excluding carboxylic acids is 1. The van der Waals surface area contributed by atoms with Crippen LogP contribution in [-0.2, 0) is 6.61 Å². The van der Waals surface area contributed by atoms with E-state index in [0.29, 0.717) is 29.0 Å². The lowest BCUT2D eigenvalue weighted by Gasteiger charge is -2.28. The molecule has 1 aliphatic rings. The van der Waals surface area contributed by atoms with Gasteiger partial charge in [0.15, 0.2) is 0 Å². The van der Waals surface area contributed by atoms with Gasteiger partial charge in [0, 0.05) is 29.7 Å². The molecule has 2 heterocycles. The van der Waals surface area contributed by atoms with Gasteiger partial charge in [-0.25, -0.2) is 9.37 Å². The summed E-state index contributed by atoms with van der Waals surface area (Å²) >= 11 is 0. The highest BCUT2D eigenvalue weighted by molar-refractivity contribution is 5.95. The number of carbonyl (C=O) groups is 1. The summed E-state index contributed by atoms with van der Waals surface area (Å²) in [6, 6.07) is 11.1. The minimum atomic E-state index is -0.538. The van der Waals surface area contributed by atoms with E-state index in [9.17, 15) is 14.3 Å². The average molecular weight is 421 g/mol. The van der Waals surface area contributed by atoms with E-state index in [0.717, 1.165) is 24.8 Å². The number of ether oxygens (including phenoxy) is 1. The maximum absolute atomic E-state index is 13.4. The maximum atomic E-state index is 13.4. The fourth-order valence-electron chi connectivity index (χ4n) is 3.69. The van der Waals surface area contributed by atoms with E-state index < -0.39 is 6.10 Å². The Morgan fingerprint density at radius 2 is 1.97 bits per heavy atom. The van der Waals surface area contributed by atoms with Crippen molar-refractivity contribution in [1.82, 2.24) is 15.3 Å². The third-order valence-corrected chi connectivity index (χ3v) is 5.41. The summed E-state index contributed by atoms with van der Waals surface area (Å²) in [5.74, 6) is -0.319. The molecule has 2 aromatic heterocycles. The SMILES string of the molecule is O=C(NC1CCCC[C@H]1O)c1cnc(OCc2cccnc2)c(-c2ccc(F)cc2)c1. The topological polar surface area (TPSA) is 84.3 Å². The molecule has 7 heteroatoms. The van der Waals surface area contributed by atoms with Crippen molar-refractivity contribution in [1.29, 1.82) is 0 Å². The summed E-state index contributed by atoms with van der Waals surface area (Å²) in [5.41, 5.74) is 2.50. The number of nitrogens with one attached hydrogen (secondary N) is 1. The summed E-state index contributed by atoms with van der Waals surface area (Å²) in [4.78, 5) is 21.3. The van der Waals surface area contributed by atoms with Crippen LogP contribution >= 0.6 is 0 Å². The maximum Gasteiger partial charge on any atom is 0.253 e. The Balaban J connectivity index is 1.59. The monoisotopic (exact) mass is 421 g/mol. The Kier molecular flexibility index (Phi) is 6.52. The number of amides is 1. The lowest BCUT2D eigenvalue weighted by molar-refractivity contribution is 0.0717. The van der Waals surface area contributed by atoms with E-state index in [2.05, 4.69) is 15.3 Å². The number of aliphatic hydroxyl groups is 1. The van der Waals surface area contributed by atoms with Crippen LogP contribution in [0.1, 0.15) is 41.6 Å². The molecule has 0 saturated heterocycles. The van der Waals surface area contributed by atoms with Gasteiger partial charge in [0.2, 0.25) is 5.88 Å². The van der Waals surface area contributed by atoms with E-state index in [1.54, 1.807) is 30.6 Å². The summed E-state index contributed by atoms with van der Waals surface area (Å²) in [7, 11) is 0. The van der Waals surface area contributed by atoms with E-state index >= 15 is 0 Å². The van der Waals surface area contributed by atoms with Crippen molar-refractivity contribution in [2.24, 2.45) is 0 Å². The first-order chi connectivity index (χ1) is 15.1. The summed E-state index contributed by atoms with van der Waals surface area (Å²) < 4.78 is 19.3. The van der Waals surface area contributed by atoms with Gasteiger partial charge in [-0.05, 0) is 42.7 Å². The summed E-state index contributed by atoms with van der Waals surface area (Å²) in [6.45, 7) is 0.259. The fourth-order valence-corrected chi connectivity index (χ4v) is 3.69. The molecule has 0 radical (unpaired) electrons. The first kappa shape index (κ1) is 20.9. The molecule has 2 N–H and O–H groups in total. The lowest BCUT2D eigenvalue weighted by atomic mass is 9.92. The Morgan fingerprint density at radius 3 is 2.71 bits per heavy atom. The molecule has 2 atom stereocenters. The van der Waals surface area contributed by atoms with E-state index in [1.807, 2.05) is 12.1 Å². The van der Waals surface area contributed by atoms with Crippen molar-refractivity contribution in [3.63, 3.8) is 0 Å². The fraction of sp³-hybridized carbons (Fsp3) is 0.292. The number of rotatable bonds is 6. The van der Waals surface area contributed by atoms with Gasteiger partial charge in [-0.1, -0.05) is 31.0 Å². The molecule has 160 valence electrons. The molecular formula is C24H24FN3O3. The van der Waals surface area contributed by atoms with Crippen molar-refractivity contribution in [2.45, 2.75) is 44.4 Å². The number of aliphatic hydroxyl groups excluding tert-OH is 1. The van der Waals surface area contributed by atoms with Gasteiger partial charge in [-0.3, -0.25) is 9.78 Å². The highest BCUT2D eigenvalue weighted by atomic mass is 19.1. The second-order valence-electron chi connectivity index (χ2n) is 7.67. The zero-order chi connectivity index (χ0) is 21.6. The number of aromatic nitrogens is 2. The minimum absolute atomic E-state index is 0.259. The van der Waals surface area contributed by atoms with Crippen LogP contribution in [0.15, 0.2) is 61.1 Å². The Morgan fingerprint density at radius 1 is 1.16 bits per heavy atom. The molecule has 6 nitrogen and oxygen atoms in total. The molecule has 1 unspecified atom stereocenters. The predicted octanol–water partition coefficient (Wildman–Crippen LogP) is 3.90. The molecule has 4 rings (SSSR count). The second kappa shape index (κ2) is 9.66. The van der Waals surface area contributed by atoms with Gasteiger partial charge >= 0.3 is 0 Å². The van der Waals surface area contributed by atoms with E-state index in [4.69, 9.17) is 4.74 Å². The van der Waals surface area contributed by atoms with Gasteiger partial charge in [0.1, 0.15) is 12.4 Å². The van der Waals surface area contributed by atoms with Crippen LogP contribution in [0, 0.1) is 5.82 Å². The van der Waals surface area contributed by atoms with E-state index in [1.165, 1.54) is 18.3 Å². The van der Waals surface area contributed by atoms with Crippen molar-refractivity contribution >= 4 is 5.91 Å². The Labute approximate surface area is 180 Å². The van der Waals surface area contributed by atoms with Gasteiger partial charge in [-0.2, -0.15) is 0 Å². The molecule has 0 aliphatic heterocycles. The first-order valence-corrected chi connectivity index (χ1v) is 10.4. The molecule has 0 spiro atoms. The molecule has 0 bridgehead atoms. The molecule has 3 aromatic rings. The van der Waals surface area contributed by atoms with Crippen LogP contribution < -0.4 is 10.1 Å². The van der Waals surface area contributed by atoms with Crippen LogP contribution in [0.4, 0.5) is 4.39 Å². The zero-order valence-corrected chi connectivity index (χ0v) is 17.0. The standard InChI is InChI=1S/C24H24FN3O3/c25-19-9-7-17(8-10-19)20-12-18(23(30)28-21-5-1-2-6-22(21)29)14-27-24(20)31-15-16-4-3-11-26-13-16/h3-4,7-14,21-22,29H,1-2,5-6,15H2,(H,28,30)/t21?,22-/m1/s1. The molecule has 1 saturated carbocycles. The van der Waals surface area contributed by atoms with Crippen LogP contribution in [0.25, 0.3) is 11.1 Å². The number of hydrogen-bond donors (Lipinski definition) is 2. The number of hydrogen-bond acceptors (Lipinski definition) is 5. The smallest absolute Gasteiger partial charge is 0.253 e. The second-order valence-corrected chi connectivity index (χ2v) is 7.67. The average Bonchev–Trinajstić information content (AvgIpc) is 2.80. The largest absolute Gasteiger partial charge is 0.472 e. The Hall–Kier alpha value is -3.32. The number of benzene rings is 1. The lowest BCUT2D eigenvalue weighted by Crippen LogP contribution is -2.45. The Bertz CT molecular complexity index is 1030. The zero-order valence-electron chi connectivity index (χ0n) is 17.0. The van der Waals surface area contributed by atoms with Crippen molar-refractivity contribution < 1.29 is 19.0 Å². The predicted molar refractivity (Wildman–Crippen MR) is 114 cm³/mol. The molecule has 31 heavy (non-hydrogen) atoms. The third-order valence-electron chi connectivity index (χ3n) is 5.41.